The summed E-state index contributed by atoms with van der Waals surface area (Å²) in [7, 11) is 0. The van der Waals surface area contributed by atoms with Crippen molar-refractivity contribution in [2.75, 3.05) is 6.61 Å². The predicted molar refractivity (Wildman–Crippen MR) is 137 cm³/mol. The smallest absolute Gasteiger partial charge is 0.148 e. The van der Waals surface area contributed by atoms with Gasteiger partial charge >= 0.3 is 0 Å². The van der Waals surface area contributed by atoms with Gasteiger partial charge in [-0.05, 0) is 53.8 Å². The highest BCUT2D eigenvalue weighted by Crippen LogP contribution is 2.32. The maximum Gasteiger partial charge on any atom is 0.148 e. The highest BCUT2D eigenvalue weighted by molar-refractivity contribution is 7.17. The van der Waals surface area contributed by atoms with Crippen LogP contribution in [-0.4, -0.2) is 16.8 Å². The first-order chi connectivity index (χ1) is 15.8. The van der Waals surface area contributed by atoms with E-state index in [1.165, 1.54) is 42.0 Å². The zero-order valence-electron chi connectivity index (χ0n) is 19.1. The van der Waals surface area contributed by atoms with Gasteiger partial charge in [0.25, 0.3) is 0 Å². The van der Waals surface area contributed by atoms with Gasteiger partial charge in [0, 0.05) is 11.1 Å². The molecule has 166 valence electrons. The molecule has 0 fully saturated rings. The molecule has 0 amide bonds. The molecule has 32 heavy (non-hydrogen) atoms. The summed E-state index contributed by atoms with van der Waals surface area (Å²) in [4.78, 5) is 0. The molecule has 4 aromatic rings. The van der Waals surface area contributed by atoms with Crippen LogP contribution in [0.25, 0.3) is 31.9 Å². The maximum atomic E-state index is 5.84. The molecule has 0 aliphatic carbocycles. The third-order valence-electron chi connectivity index (χ3n) is 5.77. The Morgan fingerprint density at radius 1 is 0.688 bits per heavy atom. The van der Waals surface area contributed by atoms with Gasteiger partial charge in [-0.2, -0.15) is 0 Å². The first kappa shape index (κ1) is 22.5. The summed E-state index contributed by atoms with van der Waals surface area (Å²) in [5.74, 6) is 0.936. The molecule has 0 saturated carbocycles. The van der Waals surface area contributed by atoms with Gasteiger partial charge < -0.3 is 4.74 Å². The molecule has 1 aromatic heterocycles. The predicted octanol–water partition coefficient (Wildman–Crippen LogP) is 8.33. The van der Waals surface area contributed by atoms with Crippen LogP contribution in [0.1, 0.15) is 57.9 Å². The number of ether oxygens (including phenoxy) is 1. The van der Waals surface area contributed by atoms with Crippen molar-refractivity contribution in [1.82, 2.24) is 10.2 Å². The molecule has 4 rings (SSSR count). The summed E-state index contributed by atoms with van der Waals surface area (Å²) in [6.07, 6.45) is 8.58. The van der Waals surface area contributed by atoms with E-state index in [4.69, 9.17) is 4.74 Å². The fraction of sp³-hybridized carbons (Fsp3) is 0.357. The summed E-state index contributed by atoms with van der Waals surface area (Å²) < 4.78 is 5.84. The Balaban J connectivity index is 1.45. The van der Waals surface area contributed by atoms with Crippen LogP contribution in [0.3, 0.4) is 0 Å². The van der Waals surface area contributed by atoms with Gasteiger partial charge in [-0.15, -0.1) is 10.2 Å². The molecule has 0 N–H and O–H groups in total. The van der Waals surface area contributed by atoms with E-state index in [9.17, 15) is 0 Å². The lowest BCUT2D eigenvalue weighted by Crippen LogP contribution is -1.95. The van der Waals surface area contributed by atoms with Crippen LogP contribution < -0.4 is 4.74 Å². The van der Waals surface area contributed by atoms with Gasteiger partial charge in [0.05, 0.1) is 6.61 Å². The number of rotatable bonds is 11. The van der Waals surface area contributed by atoms with Gasteiger partial charge in [0.15, 0.2) is 0 Å². The molecular formula is C28H32N2OS. The minimum atomic E-state index is 0.771. The molecule has 0 spiro atoms. The van der Waals surface area contributed by atoms with E-state index >= 15 is 0 Å². The van der Waals surface area contributed by atoms with E-state index in [1.54, 1.807) is 11.3 Å². The Kier molecular flexibility index (Phi) is 7.89. The number of aromatic nitrogens is 2. The van der Waals surface area contributed by atoms with Crippen LogP contribution in [0.5, 0.6) is 5.75 Å². The number of benzene rings is 3. The molecule has 0 aliphatic heterocycles. The van der Waals surface area contributed by atoms with Gasteiger partial charge in [0.2, 0.25) is 0 Å². The molecule has 3 aromatic carbocycles. The molecule has 0 atom stereocenters. The van der Waals surface area contributed by atoms with E-state index < -0.39 is 0 Å². The minimum Gasteiger partial charge on any atom is -0.494 e. The van der Waals surface area contributed by atoms with E-state index in [0.29, 0.717) is 0 Å². The van der Waals surface area contributed by atoms with Crippen molar-refractivity contribution in [1.29, 1.82) is 0 Å². The van der Waals surface area contributed by atoms with Crippen molar-refractivity contribution < 1.29 is 4.74 Å². The number of hydrogen-bond donors (Lipinski definition) is 0. The van der Waals surface area contributed by atoms with E-state index in [1.807, 2.05) is 0 Å². The van der Waals surface area contributed by atoms with E-state index in [-0.39, 0.29) is 0 Å². The topological polar surface area (TPSA) is 35.0 Å². The molecule has 0 unspecified atom stereocenters. The Morgan fingerprint density at radius 2 is 1.38 bits per heavy atom. The van der Waals surface area contributed by atoms with Crippen molar-refractivity contribution in [3.63, 3.8) is 0 Å². The quantitative estimate of drug-likeness (QED) is 0.218. The molecule has 0 bridgehead atoms. The van der Waals surface area contributed by atoms with Gasteiger partial charge in [0.1, 0.15) is 15.8 Å². The lowest BCUT2D eigenvalue weighted by Gasteiger charge is -2.07. The van der Waals surface area contributed by atoms with Crippen molar-refractivity contribution in [2.24, 2.45) is 0 Å². The SMILES string of the molecule is CCCCCCc1ccc(-c2nnc(-c3ccc4cc(OCCCC)ccc4c3)s2)cc1. The van der Waals surface area contributed by atoms with Crippen LogP contribution >= 0.6 is 11.3 Å². The standard InChI is InChI=1S/C28H32N2OS/c1-3-5-7-8-9-21-10-12-22(13-11-21)27-29-30-28(32-27)25-15-14-24-20-26(31-18-6-4-2)17-16-23(24)19-25/h10-17,19-20H,3-9,18H2,1-2H3. The number of unbranched alkanes of at least 4 members (excludes halogenated alkanes) is 4. The lowest BCUT2D eigenvalue weighted by molar-refractivity contribution is 0.310. The highest BCUT2D eigenvalue weighted by Gasteiger charge is 2.10. The van der Waals surface area contributed by atoms with Crippen molar-refractivity contribution in [2.45, 2.75) is 58.8 Å². The summed E-state index contributed by atoms with van der Waals surface area (Å²) >= 11 is 1.65. The second-order valence-electron chi connectivity index (χ2n) is 8.35. The molecule has 4 heteroatoms. The van der Waals surface area contributed by atoms with Crippen molar-refractivity contribution >= 4 is 22.1 Å². The van der Waals surface area contributed by atoms with E-state index in [2.05, 4.69) is 84.7 Å². The van der Waals surface area contributed by atoms with Gasteiger partial charge in [-0.3, -0.25) is 0 Å². The third-order valence-corrected chi connectivity index (χ3v) is 6.79. The normalized spacial score (nSPS) is 11.2. The highest BCUT2D eigenvalue weighted by atomic mass is 32.1. The van der Waals surface area contributed by atoms with Crippen molar-refractivity contribution in [3.8, 4) is 26.9 Å². The second-order valence-corrected chi connectivity index (χ2v) is 9.32. The minimum absolute atomic E-state index is 0.771. The molecule has 0 radical (unpaired) electrons. The zero-order chi connectivity index (χ0) is 22.2. The fourth-order valence-corrected chi connectivity index (χ4v) is 4.65. The van der Waals surface area contributed by atoms with Gasteiger partial charge in [-0.1, -0.05) is 93.3 Å². The zero-order valence-corrected chi connectivity index (χ0v) is 20.0. The van der Waals surface area contributed by atoms with Crippen LogP contribution in [0.15, 0.2) is 60.7 Å². The Labute approximate surface area is 195 Å². The summed E-state index contributed by atoms with van der Waals surface area (Å²) in [6.45, 7) is 5.20. The largest absolute Gasteiger partial charge is 0.494 e. The number of hydrogen-bond acceptors (Lipinski definition) is 4. The summed E-state index contributed by atoms with van der Waals surface area (Å²) in [6, 6.07) is 21.6. The maximum absolute atomic E-state index is 5.84. The number of aryl methyl sites for hydroxylation is 1. The average molecular weight is 445 g/mol. The molecule has 3 nitrogen and oxygen atoms in total. The number of fused-ring (bicyclic) bond motifs is 1. The van der Waals surface area contributed by atoms with Crippen molar-refractivity contribution in [3.05, 3.63) is 66.2 Å². The molecular weight excluding hydrogens is 412 g/mol. The Bertz CT molecular complexity index is 1130. The Morgan fingerprint density at radius 3 is 2.16 bits per heavy atom. The molecule has 0 aliphatic rings. The van der Waals surface area contributed by atoms with Gasteiger partial charge in [-0.25, -0.2) is 0 Å². The summed E-state index contributed by atoms with van der Waals surface area (Å²) in [5.41, 5.74) is 3.65. The average Bonchev–Trinajstić information content (AvgIpc) is 3.32. The van der Waals surface area contributed by atoms with Crippen LogP contribution in [-0.2, 0) is 6.42 Å². The fourth-order valence-electron chi connectivity index (χ4n) is 3.81. The lowest BCUT2D eigenvalue weighted by atomic mass is 10.0. The van der Waals surface area contributed by atoms with Crippen LogP contribution in [0.4, 0.5) is 0 Å². The molecule has 1 heterocycles. The first-order valence-corrected chi connectivity index (χ1v) is 12.7. The first-order valence-electron chi connectivity index (χ1n) is 11.9. The van der Waals surface area contributed by atoms with Crippen LogP contribution in [0, 0.1) is 0 Å². The third kappa shape index (κ3) is 5.74. The summed E-state index contributed by atoms with van der Waals surface area (Å²) in [5, 5.41) is 13.2. The monoisotopic (exact) mass is 444 g/mol. The number of nitrogens with zero attached hydrogens (tertiary/aromatic N) is 2. The molecule has 0 saturated heterocycles. The Hall–Kier alpha value is -2.72. The second kappa shape index (κ2) is 11.2. The van der Waals surface area contributed by atoms with E-state index in [0.717, 1.165) is 52.8 Å². The van der Waals surface area contributed by atoms with Crippen LogP contribution in [0.2, 0.25) is 0 Å².